The second-order valence-electron chi connectivity index (χ2n) is 6.09. The molecule has 0 aliphatic carbocycles. The zero-order chi connectivity index (χ0) is 16.6. The summed E-state index contributed by atoms with van der Waals surface area (Å²) in [6, 6.07) is 9.82. The summed E-state index contributed by atoms with van der Waals surface area (Å²) in [4.78, 5) is 5.05. The number of aryl methyl sites for hydroxylation is 1. The van der Waals surface area contributed by atoms with Crippen LogP contribution in [0, 0.1) is 6.92 Å². The molecular weight excluding hydrogens is 304 g/mol. The Bertz CT molecular complexity index is 757. The molecule has 0 spiro atoms. The zero-order valence-corrected chi connectivity index (χ0v) is 14.4. The second-order valence-corrected chi connectivity index (χ2v) is 7.55. The van der Waals surface area contributed by atoms with Crippen LogP contribution in [-0.4, -0.2) is 9.85 Å². The van der Waals surface area contributed by atoms with Crippen molar-refractivity contribution in [3.05, 3.63) is 65.1 Å². The van der Waals surface area contributed by atoms with Gasteiger partial charge in [0.15, 0.2) is 0 Å². The molecule has 1 aliphatic rings. The van der Waals surface area contributed by atoms with E-state index in [2.05, 4.69) is 30.2 Å². The molecule has 0 fully saturated rings. The van der Waals surface area contributed by atoms with Gasteiger partial charge in [0, 0.05) is 34.2 Å². The van der Waals surface area contributed by atoms with Crippen LogP contribution in [0.15, 0.2) is 48.4 Å². The molecule has 0 saturated heterocycles. The minimum absolute atomic E-state index is 0.225. The lowest BCUT2D eigenvalue weighted by Crippen LogP contribution is -2.44. The third-order valence-corrected chi connectivity index (χ3v) is 5.83. The summed E-state index contributed by atoms with van der Waals surface area (Å²) in [5.41, 5.74) is 17.9. The van der Waals surface area contributed by atoms with E-state index in [1.54, 1.807) is 18.0 Å². The van der Waals surface area contributed by atoms with Crippen molar-refractivity contribution in [2.75, 3.05) is 5.73 Å². The molecule has 1 aliphatic heterocycles. The van der Waals surface area contributed by atoms with E-state index in [9.17, 15) is 0 Å². The van der Waals surface area contributed by atoms with Gasteiger partial charge in [-0.3, -0.25) is 4.98 Å². The number of para-hydroxylation sites is 1. The number of hydrogen-bond donors (Lipinski definition) is 3. The fourth-order valence-electron chi connectivity index (χ4n) is 2.93. The Morgan fingerprint density at radius 2 is 2.00 bits per heavy atom. The monoisotopic (exact) mass is 326 g/mol. The van der Waals surface area contributed by atoms with Gasteiger partial charge in [0.2, 0.25) is 0 Å². The number of rotatable bonds is 3. The zero-order valence-electron chi connectivity index (χ0n) is 13.6. The van der Waals surface area contributed by atoms with Gasteiger partial charge in [-0.25, -0.2) is 0 Å². The lowest BCUT2D eigenvalue weighted by molar-refractivity contribution is 0.472. The number of nitrogens with zero attached hydrogens (tertiary/aromatic N) is 1. The fraction of sp³-hybridized carbons (Fsp3) is 0.278. The minimum Gasteiger partial charge on any atom is -0.398 e. The summed E-state index contributed by atoms with van der Waals surface area (Å²) in [6.45, 7) is 6.21. The number of pyridine rings is 1. The molecule has 5 heteroatoms. The van der Waals surface area contributed by atoms with Gasteiger partial charge in [-0.1, -0.05) is 36.0 Å². The molecule has 2 heterocycles. The predicted molar refractivity (Wildman–Crippen MR) is 98.5 cm³/mol. The molecule has 0 saturated carbocycles. The maximum Gasteiger partial charge on any atom is 0.105 e. The van der Waals surface area contributed by atoms with Crippen molar-refractivity contribution in [3.8, 4) is 0 Å². The molecule has 120 valence electrons. The minimum atomic E-state index is -0.350. The third kappa shape index (κ3) is 2.82. The maximum absolute atomic E-state index is 6.60. The smallest absolute Gasteiger partial charge is 0.105 e. The largest absolute Gasteiger partial charge is 0.398 e. The molecule has 1 aromatic heterocycles. The van der Waals surface area contributed by atoms with Crippen molar-refractivity contribution in [3.63, 3.8) is 0 Å². The summed E-state index contributed by atoms with van der Waals surface area (Å²) in [5, 5.41) is 3.56. The Morgan fingerprint density at radius 1 is 1.22 bits per heavy atom. The molecule has 3 rings (SSSR count). The van der Waals surface area contributed by atoms with E-state index < -0.39 is 0 Å². The number of allylic oxidation sites excluding steroid dienone is 1. The second kappa shape index (κ2) is 5.91. The van der Waals surface area contributed by atoms with Crippen LogP contribution in [0.1, 0.15) is 36.6 Å². The first-order chi connectivity index (χ1) is 10.9. The number of benzene rings is 1. The van der Waals surface area contributed by atoms with Gasteiger partial charge in [-0.15, -0.1) is 0 Å². The normalized spacial score (nSPS) is 22.1. The van der Waals surface area contributed by atoms with Crippen molar-refractivity contribution in [2.45, 2.75) is 31.7 Å². The van der Waals surface area contributed by atoms with E-state index in [-0.39, 0.29) is 10.9 Å². The molecule has 2 atom stereocenters. The highest BCUT2D eigenvalue weighted by Crippen LogP contribution is 2.49. The Balaban J connectivity index is 1.91. The van der Waals surface area contributed by atoms with E-state index in [0.29, 0.717) is 0 Å². The van der Waals surface area contributed by atoms with Crippen LogP contribution >= 0.6 is 11.8 Å². The van der Waals surface area contributed by atoms with Gasteiger partial charge in [-0.2, -0.15) is 0 Å². The van der Waals surface area contributed by atoms with Crippen LogP contribution < -0.4 is 16.8 Å². The Labute approximate surface area is 141 Å². The van der Waals surface area contributed by atoms with Gasteiger partial charge in [0.25, 0.3) is 0 Å². The van der Waals surface area contributed by atoms with Crippen molar-refractivity contribution < 1.29 is 0 Å². The summed E-state index contributed by atoms with van der Waals surface area (Å²) in [6.07, 6.45) is 3.66. The van der Waals surface area contributed by atoms with Gasteiger partial charge in [0.05, 0.1) is 6.04 Å². The molecule has 0 radical (unpaired) electrons. The van der Waals surface area contributed by atoms with Gasteiger partial charge in [-0.05, 0) is 38.0 Å². The Hall–Kier alpha value is -1.98. The molecule has 2 unspecified atom stereocenters. The van der Waals surface area contributed by atoms with Crippen LogP contribution in [0.5, 0.6) is 0 Å². The Morgan fingerprint density at radius 3 is 2.70 bits per heavy atom. The molecule has 0 bridgehead atoms. The highest BCUT2D eigenvalue weighted by Gasteiger charge is 2.40. The van der Waals surface area contributed by atoms with E-state index in [0.717, 1.165) is 28.1 Å². The van der Waals surface area contributed by atoms with Crippen molar-refractivity contribution >= 4 is 22.4 Å². The molecule has 0 amide bonds. The van der Waals surface area contributed by atoms with E-state index in [4.69, 9.17) is 11.5 Å². The molecule has 5 N–H and O–H groups in total. The maximum atomic E-state index is 6.60. The van der Waals surface area contributed by atoms with Gasteiger partial charge in [0.1, 0.15) is 4.87 Å². The van der Waals surface area contributed by atoms with Gasteiger partial charge >= 0.3 is 0 Å². The van der Waals surface area contributed by atoms with Crippen LogP contribution in [-0.2, 0) is 0 Å². The Kier molecular flexibility index (Phi) is 4.08. The topological polar surface area (TPSA) is 77.0 Å². The molecular formula is C18H22N4S. The first-order valence-corrected chi connectivity index (χ1v) is 8.43. The highest BCUT2D eigenvalue weighted by atomic mass is 32.2. The predicted octanol–water partition coefficient (Wildman–Crippen LogP) is 3.41. The molecule has 23 heavy (non-hydrogen) atoms. The highest BCUT2D eigenvalue weighted by molar-refractivity contribution is 8.09. The number of nitrogens with two attached hydrogens (primary N) is 2. The summed E-state index contributed by atoms with van der Waals surface area (Å²) < 4.78 is 0. The van der Waals surface area contributed by atoms with Crippen molar-refractivity contribution in [2.24, 2.45) is 5.73 Å². The van der Waals surface area contributed by atoms with Crippen LogP contribution in [0.4, 0.5) is 5.69 Å². The number of anilines is 1. The van der Waals surface area contributed by atoms with Crippen molar-refractivity contribution in [1.29, 1.82) is 0 Å². The number of aromatic nitrogens is 1. The van der Waals surface area contributed by atoms with E-state index in [1.807, 2.05) is 37.4 Å². The quantitative estimate of drug-likeness (QED) is 0.754. The lowest BCUT2D eigenvalue weighted by Gasteiger charge is -2.33. The number of nitrogens with one attached hydrogen (secondary N) is 1. The average Bonchev–Trinajstić information content (AvgIpc) is 2.86. The first-order valence-electron chi connectivity index (χ1n) is 7.61. The molecule has 2 aromatic rings. The lowest BCUT2D eigenvalue weighted by atomic mass is 9.96. The van der Waals surface area contributed by atoms with Crippen LogP contribution in [0.2, 0.25) is 0 Å². The van der Waals surface area contributed by atoms with Crippen molar-refractivity contribution in [1.82, 2.24) is 10.3 Å². The molecule has 4 nitrogen and oxygen atoms in total. The standard InChI is InChI=1S/C18H22N4S/c1-11-6-4-8-14(15(11)19)17(20)18(3)22-12(2)16(23-18)13-7-5-9-21-10-13/h4-10,17,22H,19-20H2,1-3H3. The SMILES string of the molecule is CC1=C(c2cccnc2)SC(C)(C(N)c2cccc(C)c2N)N1. The average molecular weight is 326 g/mol. The fourth-order valence-corrected chi connectivity index (χ4v) is 4.25. The van der Waals surface area contributed by atoms with E-state index in [1.165, 1.54) is 4.91 Å². The number of nitrogen functional groups attached to an aromatic ring is 1. The van der Waals surface area contributed by atoms with Crippen LogP contribution in [0.25, 0.3) is 4.91 Å². The summed E-state index contributed by atoms with van der Waals surface area (Å²) in [5.74, 6) is 0. The van der Waals surface area contributed by atoms with E-state index >= 15 is 0 Å². The summed E-state index contributed by atoms with van der Waals surface area (Å²) >= 11 is 1.74. The first kappa shape index (κ1) is 15.9. The molecule has 1 aromatic carbocycles. The van der Waals surface area contributed by atoms with Gasteiger partial charge < -0.3 is 16.8 Å². The third-order valence-electron chi connectivity index (χ3n) is 4.30. The number of thioether (sulfide) groups is 1. The number of hydrogen-bond acceptors (Lipinski definition) is 5. The summed E-state index contributed by atoms with van der Waals surface area (Å²) in [7, 11) is 0. The van der Waals surface area contributed by atoms with Crippen LogP contribution in [0.3, 0.4) is 0 Å².